The van der Waals surface area contributed by atoms with Crippen LogP contribution in [0.3, 0.4) is 0 Å². The number of aromatic hydroxyl groups is 1. The van der Waals surface area contributed by atoms with Crippen molar-refractivity contribution in [1.29, 1.82) is 0 Å². The number of aliphatic hydroxyl groups excluding tert-OH is 1. The number of nitrogens with zero attached hydrogens (tertiary/aromatic N) is 1. The molecule has 20 heavy (non-hydrogen) atoms. The van der Waals surface area contributed by atoms with E-state index < -0.39 is 0 Å². The maximum Gasteiger partial charge on any atom is 0.253 e. The van der Waals surface area contributed by atoms with Crippen molar-refractivity contribution in [3.8, 4) is 5.75 Å². The first-order valence-electron chi connectivity index (χ1n) is 7.26. The van der Waals surface area contributed by atoms with Crippen molar-refractivity contribution in [3.63, 3.8) is 0 Å². The zero-order valence-corrected chi connectivity index (χ0v) is 11.6. The number of nitrogens with one attached hydrogen (secondary N) is 1. The topological polar surface area (TPSA) is 82.5 Å². The molecule has 5 heteroatoms. The van der Waals surface area contributed by atoms with Gasteiger partial charge in [0.15, 0.2) is 0 Å². The molecule has 0 bridgehead atoms. The third kappa shape index (κ3) is 3.93. The van der Waals surface area contributed by atoms with Gasteiger partial charge in [-0.1, -0.05) is 19.3 Å². The second kappa shape index (κ2) is 7.24. The lowest BCUT2D eigenvalue weighted by atomic mass is 9.82. The summed E-state index contributed by atoms with van der Waals surface area (Å²) in [6, 6.07) is 1.40. The molecular formula is C15H22N2O3. The summed E-state index contributed by atoms with van der Waals surface area (Å²) in [5, 5.41) is 21.5. The van der Waals surface area contributed by atoms with Crippen LogP contribution >= 0.6 is 0 Å². The number of aliphatic hydroxyl groups is 1. The van der Waals surface area contributed by atoms with E-state index >= 15 is 0 Å². The number of amides is 1. The Kier molecular flexibility index (Phi) is 5.35. The molecule has 1 aromatic heterocycles. The summed E-state index contributed by atoms with van der Waals surface area (Å²) >= 11 is 0. The Hall–Kier alpha value is -1.62. The van der Waals surface area contributed by atoms with Crippen LogP contribution in [0.1, 0.15) is 48.9 Å². The monoisotopic (exact) mass is 278 g/mol. The summed E-state index contributed by atoms with van der Waals surface area (Å²) in [5.74, 6) is 0.177. The van der Waals surface area contributed by atoms with Gasteiger partial charge in [-0.25, -0.2) is 0 Å². The van der Waals surface area contributed by atoms with Crippen molar-refractivity contribution in [3.05, 3.63) is 24.0 Å². The summed E-state index contributed by atoms with van der Waals surface area (Å²) in [7, 11) is 0. The van der Waals surface area contributed by atoms with Crippen molar-refractivity contribution >= 4 is 5.91 Å². The first-order chi connectivity index (χ1) is 9.70. The molecule has 1 amide bonds. The molecule has 1 saturated carbocycles. The highest BCUT2D eigenvalue weighted by atomic mass is 16.3. The Morgan fingerprint density at radius 2 is 2.10 bits per heavy atom. The average Bonchev–Trinajstić information content (AvgIpc) is 2.47. The molecule has 2 rings (SSSR count). The largest absolute Gasteiger partial charge is 0.506 e. The predicted octanol–water partition coefficient (Wildman–Crippen LogP) is 1.85. The molecular weight excluding hydrogens is 256 g/mol. The van der Waals surface area contributed by atoms with Gasteiger partial charge < -0.3 is 15.5 Å². The fourth-order valence-electron chi connectivity index (χ4n) is 2.91. The quantitative estimate of drug-likeness (QED) is 0.767. The number of hydrogen-bond donors (Lipinski definition) is 3. The fraction of sp³-hybridized carbons (Fsp3) is 0.600. The second-order valence-corrected chi connectivity index (χ2v) is 5.42. The molecule has 1 aromatic rings. The van der Waals surface area contributed by atoms with E-state index in [-0.39, 0.29) is 24.3 Å². The first-order valence-corrected chi connectivity index (χ1v) is 7.26. The van der Waals surface area contributed by atoms with Crippen LogP contribution in [0.2, 0.25) is 0 Å². The Balaban J connectivity index is 2.01. The Bertz CT molecular complexity index is 444. The van der Waals surface area contributed by atoms with Gasteiger partial charge in [0.1, 0.15) is 5.75 Å². The third-order valence-electron chi connectivity index (χ3n) is 3.96. The summed E-state index contributed by atoms with van der Waals surface area (Å²) in [5.41, 5.74) is 0.351. The van der Waals surface area contributed by atoms with Crippen molar-refractivity contribution in [1.82, 2.24) is 10.3 Å². The lowest BCUT2D eigenvalue weighted by Gasteiger charge is -2.30. The van der Waals surface area contributed by atoms with Gasteiger partial charge in [0.2, 0.25) is 0 Å². The molecule has 3 N–H and O–H groups in total. The fourth-order valence-corrected chi connectivity index (χ4v) is 2.91. The molecule has 110 valence electrons. The average molecular weight is 278 g/mol. The summed E-state index contributed by atoms with van der Waals surface area (Å²) in [6.07, 6.45) is 9.14. The van der Waals surface area contributed by atoms with Crippen LogP contribution in [0.4, 0.5) is 0 Å². The lowest BCUT2D eigenvalue weighted by Crippen LogP contribution is -2.41. The highest BCUT2D eigenvalue weighted by molar-refractivity contribution is 5.94. The smallest absolute Gasteiger partial charge is 0.253 e. The van der Waals surface area contributed by atoms with Crippen LogP contribution in [-0.2, 0) is 0 Å². The molecule has 0 aliphatic heterocycles. The minimum atomic E-state index is -0.238. The second-order valence-electron chi connectivity index (χ2n) is 5.42. The molecule has 0 saturated heterocycles. The molecule has 1 aliphatic carbocycles. The molecule has 0 radical (unpaired) electrons. The van der Waals surface area contributed by atoms with E-state index in [9.17, 15) is 15.0 Å². The van der Waals surface area contributed by atoms with Gasteiger partial charge >= 0.3 is 0 Å². The number of aromatic nitrogens is 1. The van der Waals surface area contributed by atoms with Gasteiger partial charge in [0.05, 0.1) is 11.8 Å². The third-order valence-corrected chi connectivity index (χ3v) is 3.96. The highest BCUT2D eigenvalue weighted by Crippen LogP contribution is 2.28. The van der Waals surface area contributed by atoms with E-state index in [1.54, 1.807) is 0 Å². The Morgan fingerprint density at radius 1 is 1.35 bits per heavy atom. The molecule has 1 fully saturated rings. The summed E-state index contributed by atoms with van der Waals surface area (Å²) in [4.78, 5) is 16.0. The van der Waals surface area contributed by atoms with Crippen LogP contribution in [0.15, 0.2) is 18.5 Å². The molecule has 1 heterocycles. The van der Waals surface area contributed by atoms with Gasteiger partial charge in [0, 0.05) is 18.8 Å². The van der Waals surface area contributed by atoms with Gasteiger partial charge in [-0.05, 0) is 31.2 Å². The van der Waals surface area contributed by atoms with Crippen molar-refractivity contribution < 1.29 is 15.0 Å². The minimum absolute atomic E-state index is 0.00449. The standard InChI is InChI=1S/C15H22N2O3/c18-7-6-14(11-4-2-1-3-5-11)17-15(20)12-8-13(19)10-16-9-12/h8-11,14,18-19H,1-7H2,(H,17,20). The van der Waals surface area contributed by atoms with E-state index in [0.717, 1.165) is 12.8 Å². The Labute approximate surface area is 119 Å². The number of hydrogen-bond acceptors (Lipinski definition) is 4. The van der Waals surface area contributed by atoms with E-state index in [1.165, 1.54) is 37.7 Å². The summed E-state index contributed by atoms with van der Waals surface area (Å²) in [6.45, 7) is 0.0692. The van der Waals surface area contributed by atoms with Crippen LogP contribution < -0.4 is 5.32 Å². The number of rotatable bonds is 5. The maximum atomic E-state index is 12.2. The van der Waals surface area contributed by atoms with Gasteiger partial charge in [-0.15, -0.1) is 0 Å². The van der Waals surface area contributed by atoms with Crippen molar-refractivity contribution in [2.75, 3.05) is 6.61 Å². The Morgan fingerprint density at radius 3 is 2.75 bits per heavy atom. The van der Waals surface area contributed by atoms with Gasteiger partial charge in [-0.3, -0.25) is 9.78 Å². The normalized spacial score (nSPS) is 17.6. The van der Waals surface area contributed by atoms with Crippen molar-refractivity contribution in [2.45, 2.75) is 44.6 Å². The molecule has 0 aromatic carbocycles. The predicted molar refractivity (Wildman–Crippen MR) is 75.4 cm³/mol. The van der Waals surface area contributed by atoms with Crippen LogP contribution in [0, 0.1) is 5.92 Å². The van der Waals surface area contributed by atoms with Crippen molar-refractivity contribution in [2.24, 2.45) is 5.92 Å². The van der Waals surface area contributed by atoms with Crippen LogP contribution in [0.5, 0.6) is 5.75 Å². The van der Waals surface area contributed by atoms with E-state index in [0.29, 0.717) is 17.9 Å². The molecule has 1 unspecified atom stereocenters. The highest BCUT2D eigenvalue weighted by Gasteiger charge is 2.25. The minimum Gasteiger partial charge on any atom is -0.506 e. The summed E-state index contributed by atoms with van der Waals surface area (Å²) < 4.78 is 0. The molecule has 1 aliphatic rings. The van der Waals surface area contributed by atoms with E-state index in [4.69, 9.17) is 0 Å². The first kappa shape index (κ1) is 14.8. The zero-order chi connectivity index (χ0) is 14.4. The number of carbonyl (C=O) groups is 1. The lowest BCUT2D eigenvalue weighted by molar-refractivity contribution is 0.0899. The zero-order valence-electron chi connectivity index (χ0n) is 11.6. The molecule has 5 nitrogen and oxygen atoms in total. The van der Waals surface area contributed by atoms with Crippen LogP contribution in [0.25, 0.3) is 0 Å². The molecule has 1 atom stereocenters. The molecule has 0 spiro atoms. The van der Waals surface area contributed by atoms with E-state index in [2.05, 4.69) is 10.3 Å². The number of carbonyl (C=O) groups excluding carboxylic acids is 1. The number of pyridine rings is 1. The van der Waals surface area contributed by atoms with Gasteiger partial charge in [0.25, 0.3) is 5.91 Å². The SMILES string of the molecule is O=C(NC(CCO)C1CCCCC1)c1cncc(O)c1. The van der Waals surface area contributed by atoms with Crippen LogP contribution in [-0.4, -0.2) is 33.8 Å². The van der Waals surface area contributed by atoms with E-state index in [1.807, 2.05) is 0 Å². The van der Waals surface area contributed by atoms with Gasteiger partial charge in [-0.2, -0.15) is 0 Å². The maximum absolute atomic E-state index is 12.2.